The maximum absolute atomic E-state index is 6.28. The minimum absolute atomic E-state index is 0.280. The smallest absolute Gasteiger partial charge is 0.341 e. The quantitative estimate of drug-likeness (QED) is 0.575. The molecule has 0 saturated carbocycles. The molecule has 2 atom stereocenters. The van der Waals surface area contributed by atoms with Crippen molar-refractivity contribution in [3.63, 3.8) is 0 Å². The molecule has 0 bridgehead atoms. The molecular weight excluding hydrogens is 364 g/mol. The van der Waals surface area contributed by atoms with E-state index >= 15 is 0 Å². The van der Waals surface area contributed by atoms with Crippen LogP contribution in [0.3, 0.4) is 0 Å². The van der Waals surface area contributed by atoms with E-state index in [2.05, 4.69) is 45.1 Å². The second kappa shape index (κ2) is 5.73. The van der Waals surface area contributed by atoms with Crippen LogP contribution in [0.25, 0.3) is 11.0 Å². The minimum atomic E-state index is -1.17. The van der Waals surface area contributed by atoms with Gasteiger partial charge in [-0.2, -0.15) is 4.89 Å². The number of rotatable bonds is 4. The third-order valence-electron chi connectivity index (χ3n) is 5.71. The van der Waals surface area contributed by atoms with E-state index in [1.54, 1.807) is 0 Å². The summed E-state index contributed by atoms with van der Waals surface area (Å²) in [7, 11) is 3.07. The standard InChI is InChI=1S/C20H25O6Si/c1-7-21-15-13-10-12(24-27)8-9-14(13)23-16(15)19-20(26-25-19,17(2,3)4)18(5,6)11-22-19/h8-10H,7,11H2,1-6H3. The Labute approximate surface area is 162 Å². The summed E-state index contributed by atoms with van der Waals surface area (Å²) in [6.45, 7) is 13.5. The van der Waals surface area contributed by atoms with E-state index in [1.807, 2.05) is 25.1 Å². The highest BCUT2D eigenvalue weighted by Crippen LogP contribution is 2.70. The fourth-order valence-corrected chi connectivity index (χ4v) is 4.91. The van der Waals surface area contributed by atoms with Gasteiger partial charge in [-0.05, 0) is 25.1 Å². The molecule has 3 heterocycles. The first kappa shape index (κ1) is 18.8. The molecule has 3 radical (unpaired) electrons. The van der Waals surface area contributed by atoms with Crippen molar-refractivity contribution in [1.29, 1.82) is 0 Å². The van der Waals surface area contributed by atoms with Crippen molar-refractivity contribution in [1.82, 2.24) is 0 Å². The van der Waals surface area contributed by atoms with Crippen molar-refractivity contribution < 1.29 is 28.1 Å². The monoisotopic (exact) mass is 389 g/mol. The van der Waals surface area contributed by atoms with Crippen LogP contribution in [0, 0.1) is 10.8 Å². The first-order valence-electron chi connectivity index (χ1n) is 9.18. The highest BCUT2D eigenvalue weighted by Gasteiger charge is 2.83. The fourth-order valence-electron chi connectivity index (χ4n) is 4.79. The Kier molecular flexibility index (Phi) is 3.99. The van der Waals surface area contributed by atoms with E-state index < -0.39 is 11.4 Å². The van der Waals surface area contributed by atoms with Gasteiger partial charge < -0.3 is 18.3 Å². The molecule has 145 valence electrons. The lowest BCUT2D eigenvalue weighted by Crippen LogP contribution is -2.72. The van der Waals surface area contributed by atoms with E-state index in [-0.39, 0.29) is 10.8 Å². The zero-order valence-corrected chi connectivity index (χ0v) is 17.6. The Bertz CT molecular complexity index is 882. The molecule has 27 heavy (non-hydrogen) atoms. The number of furan rings is 1. The topological polar surface area (TPSA) is 59.3 Å². The van der Waals surface area contributed by atoms with Crippen LogP contribution in [-0.4, -0.2) is 29.3 Å². The normalized spacial score (nSPS) is 29.4. The van der Waals surface area contributed by atoms with Gasteiger partial charge in [0.1, 0.15) is 11.3 Å². The molecule has 2 fully saturated rings. The summed E-state index contributed by atoms with van der Waals surface area (Å²) in [5.74, 6) is 0.559. The van der Waals surface area contributed by atoms with E-state index in [9.17, 15) is 0 Å². The lowest BCUT2D eigenvalue weighted by molar-refractivity contribution is -0.629. The largest absolute Gasteiger partial charge is 0.540 e. The van der Waals surface area contributed by atoms with Crippen LogP contribution in [0.15, 0.2) is 22.6 Å². The summed E-state index contributed by atoms with van der Waals surface area (Å²) < 4.78 is 23.7. The molecular formula is C20H25O6Si. The lowest BCUT2D eigenvalue weighted by atomic mass is 9.58. The van der Waals surface area contributed by atoms with Crippen LogP contribution >= 0.6 is 0 Å². The molecule has 0 N–H and O–H groups in total. The molecule has 2 aliphatic rings. The van der Waals surface area contributed by atoms with E-state index in [4.69, 9.17) is 28.1 Å². The lowest BCUT2D eigenvalue weighted by Gasteiger charge is -2.59. The molecule has 1 aromatic heterocycles. The third kappa shape index (κ3) is 2.17. The molecule has 1 aromatic carbocycles. The second-order valence-corrected chi connectivity index (χ2v) is 9.04. The predicted octanol–water partition coefficient (Wildman–Crippen LogP) is 4.25. The molecule has 2 unspecified atom stereocenters. The number of fused-ring (bicyclic) bond motifs is 2. The molecule has 2 aromatic rings. The summed E-state index contributed by atoms with van der Waals surface area (Å²) in [5, 5.41) is 0.795. The molecule has 7 heteroatoms. The van der Waals surface area contributed by atoms with Gasteiger partial charge in [0.25, 0.3) is 5.79 Å². The molecule has 6 nitrogen and oxygen atoms in total. The Morgan fingerprint density at radius 2 is 1.93 bits per heavy atom. The summed E-state index contributed by atoms with van der Waals surface area (Å²) >= 11 is 0. The summed E-state index contributed by atoms with van der Waals surface area (Å²) in [5.41, 5.74) is -0.643. The molecule has 0 amide bonds. The van der Waals surface area contributed by atoms with Gasteiger partial charge in [-0.1, -0.05) is 34.6 Å². The number of hydrogen-bond donors (Lipinski definition) is 0. The Morgan fingerprint density at radius 3 is 2.48 bits per heavy atom. The van der Waals surface area contributed by atoms with Crippen LogP contribution in [0.4, 0.5) is 0 Å². The van der Waals surface area contributed by atoms with Crippen molar-refractivity contribution in [3.8, 4) is 11.5 Å². The Morgan fingerprint density at radius 1 is 1.19 bits per heavy atom. The van der Waals surface area contributed by atoms with Crippen molar-refractivity contribution in [3.05, 3.63) is 24.0 Å². The SMILES string of the molecule is CCOc1c(C23OCC(C)(C)C2(C(C)(C)C)OO3)oc2ccc(O[Si])cc12. The molecule has 2 saturated heterocycles. The fraction of sp³-hybridized carbons (Fsp3) is 0.600. The van der Waals surface area contributed by atoms with Crippen molar-refractivity contribution >= 4 is 21.5 Å². The first-order valence-corrected chi connectivity index (χ1v) is 9.58. The highest BCUT2D eigenvalue weighted by molar-refractivity contribution is 6.00. The Hall–Kier alpha value is -1.54. The van der Waals surface area contributed by atoms with Gasteiger partial charge in [-0.25, -0.2) is 4.89 Å². The van der Waals surface area contributed by atoms with E-state index in [1.165, 1.54) is 0 Å². The van der Waals surface area contributed by atoms with Crippen molar-refractivity contribution in [2.45, 2.75) is 52.9 Å². The average molecular weight is 390 g/mol. The van der Waals surface area contributed by atoms with Gasteiger partial charge >= 0.3 is 10.5 Å². The summed E-state index contributed by atoms with van der Waals surface area (Å²) in [4.78, 5) is 11.6. The van der Waals surface area contributed by atoms with Crippen LogP contribution < -0.4 is 9.16 Å². The molecule has 0 aliphatic carbocycles. The summed E-state index contributed by atoms with van der Waals surface area (Å²) in [6.07, 6.45) is 0. The van der Waals surface area contributed by atoms with E-state index in [0.717, 1.165) is 5.39 Å². The predicted molar refractivity (Wildman–Crippen MR) is 99.5 cm³/mol. The van der Waals surface area contributed by atoms with E-state index in [0.29, 0.717) is 36.1 Å². The van der Waals surface area contributed by atoms with Crippen molar-refractivity contribution in [2.75, 3.05) is 13.2 Å². The minimum Gasteiger partial charge on any atom is -0.540 e. The molecule has 0 spiro atoms. The number of hydrogen-bond acceptors (Lipinski definition) is 6. The molecule has 2 aliphatic heterocycles. The van der Waals surface area contributed by atoms with Gasteiger partial charge in [0.05, 0.1) is 18.6 Å². The maximum Gasteiger partial charge on any atom is 0.341 e. The maximum atomic E-state index is 6.28. The van der Waals surface area contributed by atoms with Gasteiger partial charge in [0.15, 0.2) is 11.4 Å². The highest BCUT2D eigenvalue weighted by atomic mass is 28.2. The zero-order valence-electron chi connectivity index (χ0n) is 16.6. The molecule has 4 rings (SSSR count). The van der Waals surface area contributed by atoms with Gasteiger partial charge in [0.2, 0.25) is 5.76 Å². The summed E-state index contributed by atoms with van der Waals surface area (Å²) in [6, 6.07) is 5.51. The van der Waals surface area contributed by atoms with Gasteiger partial charge in [-0.15, -0.1) is 0 Å². The second-order valence-electron chi connectivity index (χ2n) is 8.84. The van der Waals surface area contributed by atoms with Crippen LogP contribution in [0.5, 0.6) is 11.5 Å². The zero-order chi connectivity index (χ0) is 19.7. The number of ether oxygens (including phenoxy) is 2. The Balaban J connectivity index is 1.98. The van der Waals surface area contributed by atoms with Gasteiger partial charge in [0, 0.05) is 10.8 Å². The van der Waals surface area contributed by atoms with Crippen LogP contribution in [-0.2, 0) is 20.3 Å². The number of benzene rings is 1. The van der Waals surface area contributed by atoms with Crippen LogP contribution in [0.1, 0.15) is 47.3 Å². The van der Waals surface area contributed by atoms with Crippen LogP contribution in [0.2, 0.25) is 0 Å². The average Bonchev–Trinajstić information content (AvgIpc) is 2.98. The first-order chi connectivity index (χ1) is 12.6. The van der Waals surface area contributed by atoms with Gasteiger partial charge in [-0.3, -0.25) is 0 Å². The third-order valence-corrected chi connectivity index (χ3v) is 5.95. The van der Waals surface area contributed by atoms with Crippen molar-refractivity contribution in [2.24, 2.45) is 10.8 Å².